The molecule has 0 rings (SSSR count). The minimum Gasteiger partial charge on any atom is -0.325 e. The summed E-state index contributed by atoms with van der Waals surface area (Å²) >= 11 is 0. The van der Waals surface area contributed by atoms with E-state index in [9.17, 15) is 0 Å². The van der Waals surface area contributed by atoms with E-state index in [1.165, 1.54) is 225 Å². The number of likely N-dealkylation sites (N-methyl/N-ethyl adjacent to an activating group) is 1. The van der Waals surface area contributed by atoms with Crippen LogP contribution in [0.3, 0.4) is 0 Å². The Morgan fingerprint density at radius 1 is 0.310 bits per heavy atom. The molecule has 0 spiro atoms. The molecule has 0 atom stereocenters. The van der Waals surface area contributed by atoms with E-state index in [0.717, 1.165) is 4.48 Å². The predicted molar refractivity (Wildman–Crippen MR) is 195 cm³/mol. The van der Waals surface area contributed by atoms with Crippen LogP contribution in [0.25, 0.3) is 0 Å². The first-order chi connectivity index (χ1) is 20.6. The molecule has 1 nitrogen and oxygen atoms in total. The van der Waals surface area contributed by atoms with Crippen LogP contribution in [0.4, 0.5) is 0 Å². The van der Waals surface area contributed by atoms with Crippen molar-refractivity contribution in [2.24, 2.45) is 0 Å². The zero-order valence-corrected chi connectivity index (χ0v) is 30.4. The molecule has 0 heterocycles. The Balaban J connectivity index is 3.32. The van der Waals surface area contributed by atoms with Crippen LogP contribution in [0, 0.1) is 0 Å². The van der Waals surface area contributed by atoms with Crippen LogP contribution < -0.4 is 0 Å². The van der Waals surface area contributed by atoms with Gasteiger partial charge in [-0.1, -0.05) is 206 Å². The van der Waals surface area contributed by atoms with Gasteiger partial charge in [-0.15, -0.1) is 0 Å². The molecule has 0 saturated carbocycles. The molecule has 0 saturated heterocycles. The van der Waals surface area contributed by atoms with Crippen molar-refractivity contribution < 1.29 is 4.48 Å². The molecule has 1 heteroatoms. The van der Waals surface area contributed by atoms with Gasteiger partial charge in [-0.2, -0.15) is 0 Å². The third kappa shape index (κ3) is 35.9. The highest BCUT2D eigenvalue weighted by Gasteiger charge is 2.11. The molecule has 0 aliphatic carbocycles. The highest BCUT2D eigenvalue weighted by atomic mass is 15.3. The van der Waals surface area contributed by atoms with Gasteiger partial charge in [0.05, 0.1) is 27.2 Å². The Kier molecular flexibility index (Phi) is 34.9. The van der Waals surface area contributed by atoms with E-state index in [-0.39, 0.29) is 0 Å². The molecule has 42 heavy (non-hydrogen) atoms. The number of rotatable bonds is 36. The third-order valence-corrected chi connectivity index (χ3v) is 9.61. The first-order valence-corrected chi connectivity index (χ1v) is 20.1. The largest absolute Gasteiger partial charge is 0.325 e. The Morgan fingerprint density at radius 3 is 0.881 bits per heavy atom. The van der Waals surface area contributed by atoms with Gasteiger partial charge in [0.25, 0.3) is 0 Å². The molecule has 0 aliphatic rings. The van der Waals surface area contributed by atoms with E-state index in [1.807, 2.05) is 0 Å². The minimum atomic E-state index is 1.16. The SMILES string of the molecule is CCCCCCCCCCCCCCCCCCC=CC[N+](C)(C)CCCCCCCCCCCCCCCCCC. The molecule has 0 aromatic carbocycles. The second-order valence-corrected chi connectivity index (χ2v) is 14.7. The first kappa shape index (κ1) is 41.7. The van der Waals surface area contributed by atoms with Crippen LogP contribution in [0.5, 0.6) is 0 Å². The number of nitrogens with zero attached hydrogens (tertiary/aromatic N) is 1. The Labute approximate surface area is 269 Å². The number of quaternary nitrogens is 1. The lowest BCUT2D eigenvalue weighted by molar-refractivity contribution is -0.884. The van der Waals surface area contributed by atoms with Gasteiger partial charge in [-0.05, 0) is 31.8 Å². The summed E-state index contributed by atoms with van der Waals surface area (Å²) < 4.78 is 1.16. The summed E-state index contributed by atoms with van der Waals surface area (Å²) in [6.45, 7) is 7.16. The first-order valence-electron chi connectivity index (χ1n) is 20.1. The van der Waals surface area contributed by atoms with Crippen molar-refractivity contribution in [3.63, 3.8) is 0 Å². The summed E-state index contributed by atoms with van der Waals surface area (Å²) in [6.07, 6.45) is 52.8. The average molecular weight is 591 g/mol. The smallest absolute Gasteiger partial charge is 0.0969 e. The molecular weight excluding hydrogens is 506 g/mol. The minimum absolute atomic E-state index is 1.16. The third-order valence-electron chi connectivity index (χ3n) is 9.61. The van der Waals surface area contributed by atoms with E-state index in [4.69, 9.17) is 0 Å². The van der Waals surface area contributed by atoms with Gasteiger partial charge in [0.15, 0.2) is 0 Å². The van der Waals surface area contributed by atoms with E-state index in [1.54, 1.807) is 0 Å². The number of unbranched alkanes of at least 4 members (excludes halogenated alkanes) is 31. The Morgan fingerprint density at radius 2 is 0.571 bits per heavy atom. The van der Waals surface area contributed by atoms with Crippen LogP contribution in [0.15, 0.2) is 12.2 Å². The summed E-state index contributed by atoms with van der Waals surface area (Å²) in [5, 5.41) is 0. The lowest BCUT2D eigenvalue weighted by Gasteiger charge is -2.28. The highest BCUT2D eigenvalue weighted by Crippen LogP contribution is 2.16. The number of hydrogen-bond donors (Lipinski definition) is 0. The molecule has 0 fully saturated rings. The lowest BCUT2D eigenvalue weighted by atomic mass is 10.0. The van der Waals surface area contributed by atoms with Crippen molar-refractivity contribution in [2.75, 3.05) is 27.2 Å². The molecule has 0 aromatic rings. The maximum Gasteiger partial charge on any atom is 0.0969 e. The number of hydrogen-bond acceptors (Lipinski definition) is 0. The maximum atomic E-state index is 2.47. The molecule has 0 bridgehead atoms. The van der Waals surface area contributed by atoms with Crippen LogP contribution in [0.1, 0.15) is 226 Å². The van der Waals surface area contributed by atoms with E-state index >= 15 is 0 Å². The van der Waals surface area contributed by atoms with Gasteiger partial charge >= 0.3 is 0 Å². The Hall–Kier alpha value is -0.300. The zero-order valence-electron chi connectivity index (χ0n) is 30.4. The number of allylic oxidation sites excluding steroid dienone is 1. The molecule has 0 aliphatic heterocycles. The van der Waals surface area contributed by atoms with Gasteiger partial charge in [0, 0.05) is 0 Å². The van der Waals surface area contributed by atoms with Crippen LogP contribution in [-0.4, -0.2) is 31.7 Å². The molecule has 0 unspecified atom stereocenters. The van der Waals surface area contributed by atoms with Crippen LogP contribution in [0.2, 0.25) is 0 Å². The predicted octanol–water partition coefficient (Wildman–Crippen LogP) is 14.5. The fourth-order valence-corrected chi connectivity index (χ4v) is 6.47. The summed E-state index contributed by atoms with van der Waals surface area (Å²) in [7, 11) is 4.84. The van der Waals surface area contributed by atoms with E-state index in [2.05, 4.69) is 40.1 Å². The standard InChI is InChI=1S/C41H84N/c1-5-7-9-11-13-15-17-19-21-23-24-25-27-29-31-33-35-37-39-41-42(3,4)40-38-36-34-32-30-28-26-22-20-18-16-14-12-10-8-6-2/h37,39H,5-36,38,40-41H2,1-4H3/q+1. The van der Waals surface area contributed by atoms with Crippen molar-refractivity contribution in [1.82, 2.24) is 0 Å². The van der Waals surface area contributed by atoms with Crippen LogP contribution in [-0.2, 0) is 0 Å². The fraction of sp³-hybridized carbons (Fsp3) is 0.951. The maximum absolute atomic E-state index is 2.47. The van der Waals surface area contributed by atoms with E-state index < -0.39 is 0 Å². The molecule has 252 valence electrons. The second kappa shape index (κ2) is 35.2. The summed E-state index contributed by atoms with van der Waals surface area (Å²) in [6, 6.07) is 0. The Bertz CT molecular complexity index is 507. The van der Waals surface area contributed by atoms with Gasteiger partial charge in [-0.25, -0.2) is 0 Å². The molecule has 0 aromatic heterocycles. The second-order valence-electron chi connectivity index (χ2n) is 14.7. The molecular formula is C41H84N+. The zero-order chi connectivity index (χ0) is 30.7. The van der Waals surface area contributed by atoms with Crippen molar-refractivity contribution >= 4 is 0 Å². The highest BCUT2D eigenvalue weighted by molar-refractivity contribution is 4.81. The van der Waals surface area contributed by atoms with Crippen molar-refractivity contribution in [3.05, 3.63) is 12.2 Å². The van der Waals surface area contributed by atoms with Crippen molar-refractivity contribution in [3.8, 4) is 0 Å². The summed E-state index contributed by atoms with van der Waals surface area (Å²) in [5.74, 6) is 0. The average Bonchev–Trinajstić information content (AvgIpc) is 2.98. The normalized spacial score (nSPS) is 12.2. The van der Waals surface area contributed by atoms with Crippen LogP contribution >= 0.6 is 0 Å². The molecule has 0 N–H and O–H groups in total. The molecule has 0 radical (unpaired) electrons. The lowest BCUT2D eigenvalue weighted by Crippen LogP contribution is -2.40. The van der Waals surface area contributed by atoms with Gasteiger partial charge < -0.3 is 4.48 Å². The van der Waals surface area contributed by atoms with Gasteiger partial charge in [0.1, 0.15) is 0 Å². The summed E-state index contributed by atoms with van der Waals surface area (Å²) in [4.78, 5) is 0. The summed E-state index contributed by atoms with van der Waals surface area (Å²) in [5.41, 5.74) is 0. The van der Waals surface area contributed by atoms with Crippen molar-refractivity contribution in [2.45, 2.75) is 226 Å². The molecule has 0 amide bonds. The monoisotopic (exact) mass is 591 g/mol. The van der Waals surface area contributed by atoms with Gasteiger partial charge in [-0.3, -0.25) is 0 Å². The quantitative estimate of drug-likeness (QED) is 0.0387. The van der Waals surface area contributed by atoms with Gasteiger partial charge in [0.2, 0.25) is 0 Å². The van der Waals surface area contributed by atoms with Crippen molar-refractivity contribution in [1.29, 1.82) is 0 Å². The topological polar surface area (TPSA) is 0 Å². The fourth-order valence-electron chi connectivity index (χ4n) is 6.47. The van der Waals surface area contributed by atoms with E-state index in [0.29, 0.717) is 0 Å².